The molecule has 1 atom stereocenters. The molecular weight excluding hydrogens is 242 g/mol. The van der Waals surface area contributed by atoms with E-state index in [0.29, 0.717) is 12.2 Å². The molecule has 0 aliphatic heterocycles. The molecule has 1 heterocycles. The zero-order chi connectivity index (χ0) is 14.3. The molecule has 1 unspecified atom stereocenters. The fraction of sp³-hybridized carbons (Fsp3) is 0.538. The van der Waals surface area contributed by atoms with Crippen LogP contribution in [0.1, 0.15) is 37.2 Å². The molecule has 1 rings (SSSR count). The number of hydrogen-bond acceptors (Lipinski definition) is 5. The van der Waals surface area contributed by atoms with Gasteiger partial charge in [0.15, 0.2) is 5.69 Å². The van der Waals surface area contributed by atoms with E-state index in [-0.39, 0.29) is 17.6 Å². The molecule has 0 aromatic carbocycles. The average molecular weight is 261 g/mol. The van der Waals surface area contributed by atoms with E-state index in [4.69, 9.17) is 5.26 Å². The van der Waals surface area contributed by atoms with E-state index in [9.17, 15) is 4.79 Å². The van der Waals surface area contributed by atoms with Crippen molar-refractivity contribution in [1.82, 2.24) is 15.1 Å². The minimum Gasteiger partial charge on any atom is -0.369 e. The molecule has 0 bridgehead atoms. The molecular formula is C13H19N5O. The first-order valence-corrected chi connectivity index (χ1v) is 6.31. The molecule has 1 aromatic rings. The predicted molar refractivity (Wildman–Crippen MR) is 72.6 cm³/mol. The first kappa shape index (κ1) is 14.9. The average Bonchev–Trinajstić information content (AvgIpc) is 2.44. The molecule has 1 N–H and O–H groups in total. The number of amides is 1. The van der Waals surface area contributed by atoms with Crippen LogP contribution in [-0.2, 0) is 0 Å². The van der Waals surface area contributed by atoms with Gasteiger partial charge in [-0.3, -0.25) is 4.79 Å². The molecule has 0 saturated heterocycles. The van der Waals surface area contributed by atoms with Crippen molar-refractivity contribution in [2.24, 2.45) is 0 Å². The van der Waals surface area contributed by atoms with Gasteiger partial charge in [0.05, 0.1) is 12.5 Å². The van der Waals surface area contributed by atoms with Gasteiger partial charge in [-0.1, -0.05) is 6.92 Å². The third-order valence-corrected chi connectivity index (χ3v) is 2.81. The minimum atomic E-state index is -0.225. The lowest BCUT2D eigenvalue weighted by Gasteiger charge is -2.22. The second kappa shape index (κ2) is 7.31. The van der Waals surface area contributed by atoms with Gasteiger partial charge in [0.25, 0.3) is 5.91 Å². The fourth-order valence-corrected chi connectivity index (χ4v) is 1.44. The molecule has 102 valence electrons. The SMILES string of the molecule is CCCNc1ccc(C(=O)N(C)C(C)CC#N)nn1. The van der Waals surface area contributed by atoms with Gasteiger partial charge in [-0.05, 0) is 25.5 Å². The van der Waals surface area contributed by atoms with Gasteiger partial charge in [0, 0.05) is 19.6 Å². The summed E-state index contributed by atoms with van der Waals surface area (Å²) in [6.45, 7) is 4.71. The molecule has 0 saturated carbocycles. The van der Waals surface area contributed by atoms with Crippen LogP contribution in [0, 0.1) is 11.3 Å². The molecule has 0 spiro atoms. The molecule has 0 radical (unpaired) electrons. The van der Waals surface area contributed by atoms with Crippen molar-refractivity contribution in [3.8, 4) is 6.07 Å². The molecule has 0 aliphatic carbocycles. The summed E-state index contributed by atoms with van der Waals surface area (Å²) < 4.78 is 0. The van der Waals surface area contributed by atoms with E-state index in [0.717, 1.165) is 13.0 Å². The van der Waals surface area contributed by atoms with E-state index < -0.39 is 0 Å². The molecule has 6 heteroatoms. The normalized spacial score (nSPS) is 11.5. The first-order chi connectivity index (χ1) is 9.10. The number of carbonyl (C=O) groups is 1. The number of nitriles is 1. The Morgan fingerprint density at radius 2 is 2.26 bits per heavy atom. The smallest absolute Gasteiger partial charge is 0.274 e. The largest absolute Gasteiger partial charge is 0.369 e. The summed E-state index contributed by atoms with van der Waals surface area (Å²) in [4.78, 5) is 13.6. The molecule has 0 fully saturated rings. The van der Waals surface area contributed by atoms with Crippen LogP contribution in [0.5, 0.6) is 0 Å². The number of hydrogen-bond donors (Lipinski definition) is 1. The maximum atomic E-state index is 12.1. The van der Waals surface area contributed by atoms with Crippen LogP contribution in [0.25, 0.3) is 0 Å². The highest BCUT2D eigenvalue weighted by molar-refractivity contribution is 5.92. The summed E-state index contributed by atoms with van der Waals surface area (Å²) in [5, 5.41) is 19.6. The minimum absolute atomic E-state index is 0.141. The summed E-state index contributed by atoms with van der Waals surface area (Å²) in [6, 6.07) is 5.28. The van der Waals surface area contributed by atoms with E-state index in [1.807, 2.05) is 13.0 Å². The van der Waals surface area contributed by atoms with Gasteiger partial charge in [0.2, 0.25) is 0 Å². The standard InChI is InChI=1S/C13H19N5O/c1-4-9-15-12-6-5-11(16-17-12)13(19)18(3)10(2)7-8-14/h5-6,10H,4,7,9H2,1-3H3,(H,15,17). The lowest BCUT2D eigenvalue weighted by atomic mass is 10.2. The summed E-state index contributed by atoms with van der Waals surface area (Å²) in [7, 11) is 1.66. The highest BCUT2D eigenvalue weighted by atomic mass is 16.2. The second-order valence-electron chi connectivity index (χ2n) is 4.36. The topological polar surface area (TPSA) is 81.9 Å². The van der Waals surface area contributed by atoms with Crippen molar-refractivity contribution in [2.45, 2.75) is 32.7 Å². The zero-order valence-electron chi connectivity index (χ0n) is 11.6. The van der Waals surface area contributed by atoms with Gasteiger partial charge in [0.1, 0.15) is 5.82 Å². The Labute approximate surface area is 113 Å². The predicted octanol–water partition coefficient (Wildman–Crippen LogP) is 1.67. The Morgan fingerprint density at radius 1 is 1.53 bits per heavy atom. The van der Waals surface area contributed by atoms with Crippen LogP contribution in [0.4, 0.5) is 5.82 Å². The summed E-state index contributed by atoms with van der Waals surface area (Å²) in [5.74, 6) is 0.434. The number of aromatic nitrogens is 2. The van der Waals surface area contributed by atoms with Crippen molar-refractivity contribution in [3.63, 3.8) is 0 Å². The van der Waals surface area contributed by atoms with Crippen molar-refractivity contribution in [3.05, 3.63) is 17.8 Å². The molecule has 0 aliphatic rings. The number of carbonyl (C=O) groups excluding carboxylic acids is 1. The highest BCUT2D eigenvalue weighted by Crippen LogP contribution is 2.08. The Bertz CT molecular complexity index is 451. The van der Waals surface area contributed by atoms with Crippen LogP contribution >= 0.6 is 0 Å². The summed E-state index contributed by atoms with van der Waals surface area (Å²) in [6.07, 6.45) is 1.29. The molecule has 19 heavy (non-hydrogen) atoms. The number of nitrogens with zero attached hydrogens (tertiary/aromatic N) is 4. The van der Waals surface area contributed by atoms with Gasteiger partial charge in [-0.25, -0.2) is 0 Å². The van der Waals surface area contributed by atoms with Gasteiger partial charge in [-0.15, -0.1) is 10.2 Å². The van der Waals surface area contributed by atoms with Crippen LogP contribution in [0.15, 0.2) is 12.1 Å². The van der Waals surface area contributed by atoms with E-state index in [1.54, 1.807) is 19.2 Å². The van der Waals surface area contributed by atoms with Crippen LogP contribution in [-0.4, -0.2) is 40.6 Å². The number of rotatable bonds is 6. The van der Waals surface area contributed by atoms with Crippen LogP contribution in [0.2, 0.25) is 0 Å². The Hall–Kier alpha value is -2.16. The molecule has 6 nitrogen and oxygen atoms in total. The maximum Gasteiger partial charge on any atom is 0.274 e. The Morgan fingerprint density at radius 3 is 2.79 bits per heavy atom. The highest BCUT2D eigenvalue weighted by Gasteiger charge is 2.18. The van der Waals surface area contributed by atoms with Crippen molar-refractivity contribution in [2.75, 3.05) is 18.9 Å². The van der Waals surface area contributed by atoms with Gasteiger partial charge >= 0.3 is 0 Å². The first-order valence-electron chi connectivity index (χ1n) is 6.31. The van der Waals surface area contributed by atoms with Gasteiger partial charge in [-0.2, -0.15) is 5.26 Å². The lowest BCUT2D eigenvalue weighted by Crippen LogP contribution is -2.35. The summed E-state index contributed by atoms with van der Waals surface area (Å²) >= 11 is 0. The maximum absolute atomic E-state index is 12.1. The van der Waals surface area contributed by atoms with Crippen LogP contribution < -0.4 is 5.32 Å². The molecule has 1 amide bonds. The third-order valence-electron chi connectivity index (χ3n) is 2.81. The van der Waals surface area contributed by atoms with Crippen LogP contribution in [0.3, 0.4) is 0 Å². The van der Waals surface area contributed by atoms with E-state index in [2.05, 4.69) is 22.4 Å². The van der Waals surface area contributed by atoms with Crippen molar-refractivity contribution in [1.29, 1.82) is 5.26 Å². The Kier molecular flexibility index (Phi) is 5.73. The number of anilines is 1. The van der Waals surface area contributed by atoms with Crippen molar-refractivity contribution >= 4 is 11.7 Å². The van der Waals surface area contributed by atoms with E-state index in [1.165, 1.54) is 4.90 Å². The lowest BCUT2D eigenvalue weighted by molar-refractivity contribution is 0.0739. The summed E-state index contributed by atoms with van der Waals surface area (Å²) in [5.41, 5.74) is 0.286. The Balaban J connectivity index is 2.70. The fourth-order valence-electron chi connectivity index (χ4n) is 1.44. The second-order valence-corrected chi connectivity index (χ2v) is 4.36. The monoisotopic (exact) mass is 261 g/mol. The number of nitrogens with one attached hydrogen (secondary N) is 1. The van der Waals surface area contributed by atoms with Gasteiger partial charge < -0.3 is 10.2 Å². The van der Waals surface area contributed by atoms with E-state index >= 15 is 0 Å². The van der Waals surface area contributed by atoms with Crippen molar-refractivity contribution < 1.29 is 4.79 Å². The zero-order valence-corrected chi connectivity index (χ0v) is 11.6. The quantitative estimate of drug-likeness (QED) is 0.842. The molecule has 1 aromatic heterocycles. The third kappa shape index (κ3) is 4.21.